The molecule has 2 N–H and O–H groups in total. The van der Waals surface area contributed by atoms with E-state index in [-0.39, 0.29) is 17.2 Å². The summed E-state index contributed by atoms with van der Waals surface area (Å²) in [5.41, 5.74) is 0.595. The van der Waals surface area contributed by atoms with E-state index >= 15 is 0 Å². The molecule has 0 aliphatic carbocycles. The molecule has 0 fully saturated rings. The lowest BCUT2D eigenvalue weighted by Gasteiger charge is -2.17. The molecule has 0 heterocycles. The largest absolute Gasteiger partial charge is 0.394 e. The van der Waals surface area contributed by atoms with Crippen molar-refractivity contribution in [1.82, 2.24) is 5.32 Å². The standard InChI is InChI=1S/C15H13ClFNO2/c16-12-8-4-7-11(14(12)17)15(20)18-13(9-19)10-5-2-1-3-6-10/h1-8,13,19H,9H2,(H,18,20). The molecule has 1 unspecified atom stereocenters. The van der Waals surface area contributed by atoms with E-state index in [1.165, 1.54) is 18.2 Å². The van der Waals surface area contributed by atoms with Crippen LogP contribution >= 0.6 is 11.6 Å². The molecule has 0 aliphatic heterocycles. The quantitative estimate of drug-likeness (QED) is 0.910. The molecule has 2 aromatic carbocycles. The number of hydrogen-bond donors (Lipinski definition) is 2. The van der Waals surface area contributed by atoms with Crippen molar-refractivity contribution < 1.29 is 14.3 Å². The van der Waals surface area contributed by atoms with Crippen molar-refractivity contribution in [1.29, 1.82) is 0 Å². The summed E-state index contributed by atoms with van der Waals surface area (Å²) in [7, 11) is 0. The van der Waals surface area contributed by atoms with Crippen LogP contribution in [0.4, 0.5) is 4.39 Å². The van der Waals surface area contributed by atoms with Crippen LogP contribution in [-0.4, -0.2) is 17.6 Å². The lowest BCUT2D eigenvalue weighted by atomic mass is 10.1. The summed E-state index contributed by atoms with van der Waals surface area (Å²) in [4.78, 5) is 12.0. The summed E-state index contributed by atoms with van der Waals surface area (Å²) in [6.07, 6.45) is 0. The molecule has 0 aromatic heterocycles. The van der Waals surface area contributed by atoms with E-state index in [9.17, 15) is 14.3 Å². The first-order valence-electron chi connectivity index (χ1n) is 6.04. The van der Waals surface area contributed by atoms with Crippen LogP contribution in [0.2, 0.25) is 5.02 Å². The van der Waals surface area contributed by atoms with Crippen LogP contribution in [0.5, 0.6) is 0 Å². The van der Waals surface area contributed by atoms with Crippen LogP contribution in [0.1, 0.15) is 22.0 Å². The van der Waals surface area contributed by atoms with Gasteiger partial charge in [0.25, 0.3) is 5.91 Å². The maximum Gasteiger partial charge on any atom is 0.254 e. The SMILES string of the molecule is O=C(NC(CO)c1ccccc1)c1cccc(Cl)c1F. The van der Waals surface area contributed by atoms with Crippen molar-refractivity contribution in [2.75, 3.05) is 6.61 Å². The molecule has 0 saturated heterocycles. The maximum atomic E-state index is 13.8. The van der Waals surface area contributed by atoms with E-state index in [0.717, 1.165) is 5.56 Å². The van der Waals surface area contributed by atoms with Gasteiger partial charge in [-0.2, -0.15) is 0 Å². The highest BCUT2D eigenvalue weighted by atomic mass is 35.5. The van der Waals surface area contributed by atoms with E-state index in [0.29, 0.717) is 0 Å². The molecule has 3 nitrogen and oxygen atoms in total. The van der Waals surface area contributed by atoms with Gasteiger partial charge < -0.3 is 10.4 Å². The highest BCUT2D eigenvalue weighted by Crippen LogP contribution is 2.19. The molecule has 1 atom stereocenters. The first kappa shape index (κ1) is 14.5. The fraction of sp³-hybridized carbons (Fsp3) is 0.133. The zero-order valence-corrected chi connectivity index (χ0v) is 11.3. The van der Waals surface area contributed by atoms with Gasteiger partial charge in [0, 0.05) is 0 Å². The minimum atomic E-state index is -0.767. The molecule has 5 heteroatoms. The van der Waals surface area contributed by atoms with E-state index in [2.05, 4.69) is 5.32 Å². The second-order valence-corrected chi connectivity index (χ2v) is 4.63. The summed E-state index contributed by atoms with van der Waals surface area (Å²) in [5.74, 6) is -1.38. The Hall–Kier alpha value is -1.91. The summed E-state index contributed by atoms with van der Waals surface area (Å²) in [5, 5.41) is 11.8. The molecular weight excluding hydrogens is 281 g/mol. The Bertz CT molecular complexity index is 604. The summed E-state index contributed by atoms with van der Waals surface area (Å²) >= 11 is 5.64. The lowest BCUT2D eigenvalue weighted by molar-refractivity contribution is 0.0912. The number of nitrogens with one attached hydrogen (secondary N) is 1. The number of hydrogen-bond acceptors (Lipinski definition) is 2. The zero-order chi connectivity index (χ0) is 14.5. The minimum absolute atomic E-state index is 0.113. The van der Waals surface area contributed by atoms with Crippen LogP contribution in [0.25, 0.3) is 0 Å². The molecule has 20 heavy (non-hydrogen) atoms. The maximum absolute atomic E-state index is 13.8. The molecule has 104 valence electrons. The van der Waals surface area contributed by atoms with Crippen LogP contribution in [0.3, 0.4) is 0 Å². The topological polar surface area (TPSA) is 49.3 Å². The van der Waals surface area contributed by atoms with E-state index in [4.69, 9.17) is 11.6 Å². The van der Waals surface area contributed by atoms with E-state index in [1.807, 2.05) is 6.07 Å². The smallest absolute Gasteiger partial charge is 0.254 e. The molecule has 0 radical (unpaired) electrons. The third-order valence-corrected chi connectivity index (χ3v) is 3.18. The van der Waals surface area contributed by atoms with Crippen LogP contribution in [0.15, 0.2) is 48.5 Å². The van der Waals surface area contributed by atoms with Gasteiger partial charge in [-0.15, -0.1) is 0 Å². The molecule has 2 aromatic rings. The number of carbonyl (C=O) groups excluding carboxylic acids is 1. The van der Waals surface area contributed by atoms with Gasteiger partial charge in [-0.3, -0.25) is 4.79 Å². The molecule has 0 spiro atoms. The Balaban J connectivity index is 2.20. The molecule has 2 rings (SSSR count). The van der Waals surface area contributed by atoms with E-state index in [1.54, 1.807) is 24.3 Å². The van der Waals surface area contributed by atoms with Gasteiger partial charge in [-0.05, 0) is 17.7 Å². The van der Waals surface area contributed by atoms with Crippen molar-refractivity contribution in [2.24, 2.45) is 0 Å². The zero-order valence-electron chi connectivity index (χ0n) is 10.5. The molecule has 0 saturated carbocycles. The predicted octanol–water partition coefficient (Wildman–Crippen LogP) is 2.94. The monoisotopic (exact) mass is 293 g/mol. The number of amides is 1. The van der Waals surface area contributed by atoms with Gasteiger partial charge in [0.2, 0.25) is 0 Å². The Morgan fingerprint density at radius 3 is 2.55 bits per heavy atom. The Kier molecular flexibility index (Phi) is 4.71. The van der Waals surface area contributed by atoms with Crippen molar-refractivity contribution in [3.63, 3.8) is 0 Å². The highest BCUT2D eigenvalue weighted by molar-refractivity contribution is 6.31. The van der Waals surface area contributed by atoms with Gasteiger partial charge in [0.15, 0.2) is 5.82 Å². The van der Waals surface area contributed by atoms with E-state index < -0.39 is 17.8 Å². The number of halogens is 2. The summed E-state index contributed by atoms with van der Waals surface area (Å²) in [6.45, 7) is -0.280. The summed E-state index contributed by atoms with van der Waals surface area (Å²) < 4.78 is 13.8. The Labute approximate surface area is 121 Å². The average Bonchev–Trinajstić information content (AvgIpc) is 2.48. The van der Waals surface area contributed by atoms with Crippen LogP contribution in [0, 0.1) is 5.82 Å². The van der Waals surface area contributed by atoms with Gasteiger partial charge >= 0.3 is 0 Å². The highest BCUT2D eigenvalue weighted by Gasteiger charge is 2.18. The van der Waals surface area contributed by atoms with Crippen LogP contribution in [-0.2, 0) is 0 Å². The third kappa shape index (κ3) is 3.15. The molecular formula is C15H13ClFNO2. The first-order chi connectivity index (χ1) is 9.63. The van der Waals surface area contributed by atoms with Crippen molar-refractivity contribution in [3.05, 3.63) is 70.5 Å². The Morgan fingerprint density at radius 2 is 1.90 bits per heavy atom. The summed E-state index contributed by atoms with van der Waals surface area (Å²) in [6, 6.07) is 12.6. The number of benzene rings is 2. The third-order valence-electron chi connectivity index (χ3n) is 2.89. The average molecular weight is 294 g/mol. The van der Waals surface area contributed by atoms with Gasteiger partial charge in [0.1, 0.15) is 0 Å². The molecule has 1 amide bonds. The second kappa shape index (κ2) is 6.50. The van der Waals surface area contributed by atoms with Gasteiger partial charge in [-0.1, -0.05) is 48.0 Å². The number of rotatable bonds is 4. The fourth-order valence-corrected chi connectivity index (χ4v) is 2.01. The van der Waals surface area contributed by atoms with Crippen LogP contribution < -0.4 is 5.32 Å². The van der Waals surface area contributed by atoms with Gasteiger partial charge in [-0.25, -0.2) is 4.39 Å². The molecule has 0 bridgehead atoms. The van der Waals surface area contributed by atoms with Crippen molar-refractivity contribution in [3.8, 4) is 0 Å². The Morgan fingerprint density at radius 1 is 1.20 bits per heavy atom. The lowest BCUT2D eigenvalue weighted by Crippen LogP contribution is -2.31. The fourth-order valence-electron chi connectivity index (χ4n) is 1.83. The van der Waals surface area contributed by atoms with Gasteiger partial charge in [0.05, 0.1) is 23.2 Å². The second-order valence-electron chi connectivity index (χ2n) is 4.22. The number of aliphatic hydroxyl groups is 1. The first-order valence-corrected chi connectivity index (χ1v) is 6.42. The number of aliphatic hydroxyl groups excluding tert-OH is 1. The molecule has 0 aliphatic rings. The van der Waals surface area contributed by atoms with Crippen molar-refractivity contribution >= 4 is 17.5 Å². The number of carbonyl (C=O) groups is 1. The van der Waals surface area contributed by atoms with Crippen molar-refractivity contribution in [2.45, 2.75) is 6.04 Å². The normalized spacial score (nSPS) is 11.9. The predicted molar refractivity (Wildman–Crippen MR) is 75.1 cm³/mol. The minimum Gasteiger partial charge on any atom is -0.394 e.